The van der Waals surface area contributed by atoms with Crippen molar-refractivity contribution in [2.45, 2.75) is 25.8 Å². The van der Waals surface area contributed by atoms with Gasteiger partial charge in [0.15, 0.2) is 0 Å². The lowest BCUT2D eigenvalue weighted by Crippen LogP contribution is -2.26. The predicted octanol–water partition coefficient (Wildman–Crippen LogP) is 4.18. The molecule has 0 bridgehead atoms. The molecule has 0 radical (unpaired) electrons. The smallest absolute Gasteiger partial charge is 0.251 e. The van der Waals surface area contributed by atoms with Crippen LogP contribution in [0.15, 0.2) is 48.5 Å². The maximum Gasteiger partial charge on any atom is 0.251 e. The molecule has 0 heterocycles. The molecule has 1 aliphatic rings. The van der Waals surface area contributed by atoms with Gasteiger partial charge in [0, 0.05) is 22.2 Å². The van der Waals surface area contributed by atoms with Gasteiger partial charge in [-0.1, -0.05) is 23.7 Å². The second-order valence-electron chi connectivity index (χ2n) is 6.09. The van der Waals surface area contributed by atoms with Gasteiger partial charge in [0.1, 0.15) is 0 Å². The van der Waals surface area contributed by atoms with Crippen molar-refractivity contribution >= 4 is 29.1 Å². The average Bonchev–Trinajstić information content (AvgIpc) is 3.41. The third-order valence-corrected chi connectivity index (χ3v) is 4.33. The Morgan fingerprint density at radius 3 is 2.25 bits per heavy atom. The third-order valence-electron chi connectivity index (χ3n) is 4.08. The molecule has 124 valence electrons. The maximum absolute atomic E-state index is 12.2. The van der Waals surface area contributed by atoms with E-state index in [1.54, 1.807) is 24.3 Å². The highest BCUT2D eigenvalue weighted by Crippen LogP contribution is 2.30. The average molecular weight is 343 g/mol. The van der Waals surface area contributed by atoms with Crippen LogP contribution in [0, 0.1) is 5.92 Å². The van der Waals surface area contributed by atoms with Gasteiger partial charge in [0.2, 0.25) is 5.91 Å². The zero-order chi connectivity index (χ0) is 17.1. The van der Waals surface area contributed by atoms with Crippen LogP contribution in [0.2, 0.25) is 5.02 Å². The quantitative estimate of drug-likeness (QED) is 0.856. The summed E-state index contributed by atoms with van der Waals surface area (Å²) in [5.41, 5.74) is 2.33. The van der Waals surface area contributed by atoms with Crippen LogP contribution in [-0.2, 0) is 4.79 Å². The summed E-state index contributed by atoms with van der Waals surface area (Å²) in [6.45, 7) is 1.92. The molecule has 2 amide bonds. The van der Waals surface area contributed by atoms with Crippen LogP contribution >= 0.6 is 11.6 Å². The Kier molecular flexibility index (Phi) is 4.86. The molecule has 1 fully saturated rings. The molecule has 2 N–H and O–H groups in total. The van der Waals surface area contributed by atoms with Crippen molar-refractivity contribution in [3.05, 3.63) is 64.7 Å². The largest absolute Gasteiger partial charge is 0.346 e. The first-order valence-corrected chi connectivity index (χ1v) is 8.38. The first-order chi connectivity index (χ1) is 11.5. The topological polar surface area (TPSA) is 58.2 Å². The fourth-order valence-corrected chi connectivity index (χ4v) is 2.54. The fraction of sp³-hybridized carbons (Fsp3) is 0.263. The minimum Gasteiger partial charge on any atom is -0.346 e. The Balaban J connectivity index is 1.59. The number of nitrogens with one attached hydrogen (secondary N) is 2. The Morgan fingerprint density at radius 2 is 1.67 bits per heavy atom. The number of halogens is 1. The summed E-state index contributed by atoms with van der Waals surface area (Å²) in [5.74, 6) is 0.124. The van der Waals surface area contributed by atoms with Gasteiger partial charge >= 0.3 is 0 Å². The highest BCUT2D eigenvalue weighted by Gasteiger charge is 2.29. The Labute approximate surface area is 146 Å². The van der Waals surface area contributed by atoms with E-state index >= 15 is 0 Å². The van der Waals surface area contributed by atoms with E-state index < -0.39 is 0 Å². The minimum absolute atomic E-state index is 0.0897. The zero-order valence-electron chi connectivity index (χ0n) is 13.4. The van der Waals surface area contributed by atoms with E-state index in [1.165, 1.54) is 0 Å². The molecular formula is C19H19ClN2O2. The van der Waals surface area contributed by atoms with E-state index in [4.69, 9.17) is 11.6 Å². The maximum atomic E-state index is 12.2. The molecule has 0 aliphatic heterocycles. The number of rotatable bonds is 5. The second kappa shape index (κ2) is 7.05. The molecule has 1 aliphatic carbocycles. The molecule has 24 heavy (non-hydrogen) atoms. The number of carbonyl (C=O) groups is 2. The second-order valence-corrected chi connectivity index (χ2v) is 6.52. The first kappa shape index (κ1) is 16.5. The van der Waals surface area contributed by atoms with Crippen molar-refractivity contribution in [3.63, 3.8) is 0 Å². The highest BCUT2D eigenvalue weighted by atomic mass is 35.5. The van der Waals surface area contributed by atoms with Crippen LogP contribution in [0.5, 0.6) is 0 Å². The van der Waals surface area contributed by atoms with Crippen LogP contribution in [-0.4, -0.2) is 11.8 Å². The number of benzene rings is 2. The van der Waals surface area contributed by atoms with E-state index in [9.17, 15) is 9.59 Å². The van der Waals surface area contributed by atoms with Crippen molar-refractivity contribution < 1.29 is 9.59 Å². The molecule has 1 saturated carbocycles. The zero-order valence-corrected chi connectivity index (χ0v) is 14.1. The molecule has 1 atom stereocenters. The van der Waals surface area contributed by atoms with Gasteiger partial charge in [-0.25, -0.2) is 0 Å². The number of hydrogen-bond acceptors (Lipinski definition) is 2. The third kappa shape index (κ3) is 4.15. The Morgan fingerprint density at radius 1 is 1.04 bits per heavy atom. The standard InChI is InChI=1S/C19H19ClN2O2/c1-12(21-18(23)15-4-8-16(20)9-5-15)13-6-10-17(11-7-13)22-19(24)14-2-3-14/h4-12,14H,2-3H2,1H3,(H,21,23)(H,22,24). The number of carbonyl (C=O) groups excluding carboxylic acids is 2. The number of anilines is 1. The van der Waals surface area contributed by atoms with Gasteiger partial charge in [-0.15, -0.1) is 0 Å². The SMILES string of the molecule is CC(NC(=O)c1ccc(Cl)cc1)c1ccc(NC(=O)C2CC2)cc1. The number of hydrogen-bond donors (Lipinski definition) is 2. The normalized spacial score (nSPS) is 14.8. The van der Waals surface area contributed by atoms with Crippen LogP contribution in [0.1, 0.15) is 41.7 Å². The molecule has 5 heteroatoms. The molecule has 3 rings (SSSR count). The number of amides is 2. The monoisotopic (exact) mass is 342 g/mol. The van der Waals surface area contributed by atoms with Gasteiger partial charge in [-0.3, -0.25) is 9.59 Å². The highest BCUT2D eigenvalue weighted by molar-refractivity contribution is 6.30. The van der Waals surface area contributed by atoms with Crippen molar-refractivity contribution in [3.8, 4) is 0 Å². The Hall–Kier alpha value is -2.33. The molecule has 2 aromatic carbocycles. The van der Waals surface area contributed by atoms with Crippen LogP contribution in [0.4, 0.5) is 5.69 Å². The van der Waals surface area contributed by atoms with Crippen molar-refractivity contribution in [2.24, 2.45) is 5.92 Å². The fourth-order valence-electron chi connectivity index (χ4n) is 2.41. The van der Waals surface area contributed by atoms with Crippen LogP contribution in [0.3, 0.4) is 0 Å². The molecule has 0 saturated heterocycles. The van der Waals surface area contributed by atoms with E-state index in [2.05, 4.69) is 10.6 Å². The molecule has 0 spiro atoms. The predicted molar refractivity (Wildman–Crippen MR) is 95.1 cm³/mol. The lowest BCUT2D eigenvalue weighted by Gasteiger charge is -2.15. The molecular weight excluding hydrogens is 324 g/mol. The van der Waals surface area contributed by atoms with E-state index in [1.807, 2.05) is 31.2 Å². The Bertz CT molecular complexity index is 737. The summed E-state index contributed by atoms with van der Waals surface area (Å²) in [6.07, 6.45) is 1.97. The molecule has 4 nitrogen and oxygen atoms in total. The lowest BCUT2D eigenvalue weighted by atomic mass is 10.1. The van der Waals surface area contributed by atoms with E-state index in [0.29, 0.717) is 10.6 Å². The lowest BCUT2D eigenvalue weighted by molar-refractivity contribution is -0.117. The van der Waals surface area contributed by atoms with Gasteiger partial charge < -0.3 is 10.6 Å². The van der Waals surface area contributed by atoms with Crippen LogP contribution in [0.25, 0.3) is 0 Å². The van der Waals surface area contributed by atoms with Gasteiger partial charge in [0.05, 0.1) is 6.04 Å². The van der Waals surface area contributed by atoms with Gasteiger partial charge in [-0.05, 0) is 61.7 Å². The molecule has 2 aromatic rings. The van der Waals surface area contributed by atoms with Gasteiger partial charge in [-0.2, -0.15) is 0 Å². The molecule has 1 unspecified atom stereocenters. The summed E-state index contributed by atoms with van der Waals surface area (Å²) >= 11 is 5.83. The summed E-state index contributed by atoms with van der Waals surface area (Å²) in [5, 5.41) is 6.45. The summed E-state index contributed by atoms with van der Waals surface area (Å²) in [4.78, 5) is 24.0. The summed E-state index contributed by atoms with van der Waals surface area (Å²) < 4.78 is 0. The summed E-state index contributed by atoms with van der Waals surface area (Å²) in [6, 6.07) is 14.2. The van der Waals surface area contributed by atoms with Crippen molar-refractivity contribution in [1.82, 2.24) is 5.32 Å². The van der Waals surface area contributed by atoms with Gasteiger partial charge in [0.25, 0.3) is 5.91 Å². The van der Waals surface area contributed by atoms with Crippen molar-refractivity contribution in [1.29, 1.82) is 0 Å². The van der Waals surface area contributed by atoms with Crippen molar-refractivity contribution in [2.75, 3.05) is 5.32 Å². The van der Waals surface area contributed by atoms with E-state index in [0.717, 1.165) is 24.1 Å². The first-order valence-electron chi connectivity index (χ1n) is 8.00. The van der Waals surface area contributed by atoms with E-state index in [-0.39, 0.29) is 23.8 Å². The van der Waals surface area contributed by atoms with Crippen LogP contribution < -0.4 is 10.6 Å². The summed E-state index contributed by atoms with van der Waals surface area (Å²) in [7, 11) is 0. The minimum atomic E-state index is -0.148. The molecule has 0 aromatic heterocycles.